The van der Waals surface area contributed by atoms with E-state index in [0.29, 0.717) is 0 Å². The molecule has 0 amide bonds. The fourth-order valence-electron chi connectivity index (χ4n) is 2.56. The van der Waals surface area contributed by atoms with Gasteiger partial charge in [-0.05, 0) is 25.0 Å². The Morgan fingerprint density at radius 1 is 0.769 bits per heavy atom. The van der Waals surface area contributed by atoms with Crippen LogP contribution in [0.2, 0.25) is 0 Å². The Morgan fingerprint density at radius 3 is 1.69 bits per heavy atom. The van der Waals surface area contributed by atoms with E-state index in [1.807, 2.05) is 60.7 Å². The first-order chi connectivity index (χ1) is 12.6. The molecule has 0 saturated carbocycles. The maximum Gasteiger partial charge on any atom is 0.350 e. The van der Waals surface area contributed by atoms with Gasteiger partial charge in [0.15, 0.2) is 0 Å². The molecule has 2 aromatic rings. The molecule has 0 saturated heterocycles. The third-order valence-electron chi connectivity index (χ3n) is 3.83. The molecular formula is C21H24O5. The molecular weight excluding hydrogens is 332 g/mol. The highest BCUT2D eigenvalue weighted by Crippen LogP contribution is 2.24. The Hall–Kier alpha value is -2.66. The molecule has 5 heteroatoms. The van der Waals surface area contributed by atoms with E-state index in [-0.39, 0.29) is 26.2 Å². The highest BCUT2D eigenvalue weighted by molar-refractivity contribution is 6.04. The SMILES string of the molecule is CCOC(=O)C(Cc1ccccc1)(OCc1ccccc1)C(=O)OCC. The first-order valence-corrected chi connectivity index (χ1v) is 8.68. The van der Waals surface area contributed by atoms with Crippen molar-refractivity contribution in [2.45, 2.75) is 32.5 Å². The predicted octanol–water partition coefficient (Wildman–Crippen LogP) is 3.31. The Bertz CT molecular complexity index is 679. The van der Waals surface area contributed by atoms with Gasteiger partial charge < -0.3 is 14.2 Å². The van der Waals surface area contributed by atoms with Crippen LogP contribution in [0, 0.1) is 0 Å². The van der Waals surface area contributed by atoms with Crippen molar-refractivity contribution in [1.82, 2.24) is 0 Å². The van der Waals surface area contributed by atoms with E-state index in [4.69, 9.17) is 14.2 Å². The fourth-order valence-corrected chi connectivity index (χ4v) is 2.56. The van der Waals surface area contributed by atoms with Gasteiger partial charge in [-0.3, -0.25) is 0 Å². The lowest BCUT2D eigenvalue weighted by molar-refractivity contribution is -0.192. The third-order valence-corrected chi connectivity index (χ3v) is 3.83. The van der Waals surface area contributed by atoms with Crippen molar-refractivity contribution < 1.29 is 23.8 Å². The lowest BCUT2D eigenvalue weighted by Gasteiger charge is -2.29. The van der Waals surface area contributed by atoms with Crippen LogP contribution in [0.25, 0.3) is 0 Å². The maximum atomic E-state index is 12.8. The highest BCUT2D eigenvalue weighted by atomic mass is 16.6. The van der Waals surface area contributed by atoms with Crippen molar-refractivity contribution in [2.24, 2.45) is 0 Å². The number of hydrogen-bond acceptors (Lipinski definition) is 5. The van der Waals surface area contributed by atoms with Gasteiger partial charge in [-0.15, -0.1) is 0 Å². The molecule has 138 valence electrons. The molecule has 0 spiro atoms. The van der Waals surface area contributed by atoms with Crippen LogP contribution in [-0.2, 0) is 36.8 Å². The van der Waals surface area contributed by atoms with Crippen LogP contribution in [-0.4, -0.2) is 30.8 Å². The molecule has 0 aliphatic carbocycles. The number of esters is 2. The zero-order chi connectivity index (χ0) is 18.8. The Labute approximate surface area is 153 Å². The van der Waals surface area contributed by atoms with Gasteiger partial charge in [0.1, 0.15) is 0 Å². The summed E-state index contributed by atoms with van der Waals surface area (Å²) in [6, 6.07) is 18.6. The summed E-state index contributed by atoms with van der Waals surface area (Å²) in [5.41, 5.74) is -0.219. The van der Waals surface area contributed by atoms with Gasteiger partial charge in [-0.2, -0.15) is 0 Å². The lowest BCUT2D eigenvalue weighted by Crippen LogP contribution is -2.53. The van der Waals surface area contributed by atoms with Crippen molar-refractivity contribution in [3.63, 3.8) is 0 Å². The second kappa shape index (κ2) is 9.73. The summed E-state index contributed by atoms with van der Waals surface area (Å²) in [5.74, 6) is -1.48. The zero-order valence-electron chi connectivity index (χ0n) is 15.1. The normalized spacial score (nSPS) is 11.0. The number of carbonyl (C=O) groups is 2. The number of hydrogen-bond donors (Lipinski definition) is 0. The molecule has 2 rings (SSSR count). The van der Waals surface area contributed by atoms with Crippen LogP contribution in [0.1, 0.15) is 25.0 Å². The lowest BCUT2D eigenvalue weighted by atomic mass is 9.94. The highest BCUT2D eigenvalue weighted by Gasteiger charge is 2.50. The van der Waals surface area contributed by atoms with Gasteiger partial charge in [0.25, 0.3) is 5.60 Å². The van der Waals surface area contributed by atoms with Gasteiger partial charge in [-0.25, -0.2) is 9.59 Å². The summed E-state index contributed by atoms with van der Waals surface area (Å²) in [5, 5.41) is 0. The van der Waals surface area contributed by atoms with Gasteiger partial charge in [0.05, 0.1) is 19.8 Å². The molecule has 26 heavy (non-hydrogen) atoms. The second-order valence-electron chi connectivity index (χ2n) is 5.70. The van der Waals surface area contributed by atoms with Gasteiger partial charge in [0.2, 0.25) is 0 Å². The molecule has 0 fully saturated rings. The van der Waals surface area contributed by atoms with E-state index >= 15 is 0 Å². The minimum absolute atomic E-state index is 0.0400. The molecule has 0 aliphatic heterocycles. The Balaban J connectivity index is 2.36. The standard InChI is InChI=1S/C21H24O5/c1-3-24-19(22)21(20(23)25-4-2,15-17-11-7-5-8-12-17)26-16-18-13-9-6-10-14-18/h5-14H,3-4,15-16H2,1-2H3. The van der Waals surface area contributed by atoms with Crippen LogP contribution in [0.4, 0.5) is 0 Å². The monoisotopic (exact) mass is 356 g/mol. The maximum absolute atomic E-state index is 12.8. The molecule has 0 atom stereocenters. The third kappa shape index (κ3) is 4.92. The summed E-state index contributed by atoms with van der Waals surface area (Å²) < 4.78 is 16.2. The van der Waals surface area contributed by atoms with Gasteiger partial charge in [0, 0.05) is 6.42 Å². The van der Waals surface area contributed by atoms with Crippen LogP contribution in [0.3, 0.4) is 0 Å². The number of rotatable bonds is 9. The van der Waals surface area contributed by atoms with E-state index < -0.39 is 17.5 Å². The second-order valence-corrected chi connectivity index (χ2v) is 5.70. The summed E-state index contributed by atoms with van der Waals surface area (Å²) in [7, 11) is 0. The minimum Gasteiger partial charge on any atom is -0.463 e. The van der Waals surface area contributed by atoms with Crippen LogP contribution in [0.5, 0.6) is 0 Å². The minimum atomic E-state index is -1.84. The van der Waals surface area contributed by atoms with Crippen molar-refractivity contribution in [3.05, 3.63) is 71.8 Å². The van der Waals surface area contributed by atoms with Crippen molar-refractivity contribution in [2.75, 3.05) is 13.2 Å². The zero-order valence-corrected chi connectivity index (χ0v) is 15.1. The molecule has 0 N–H and O–H groups in total. The van der Waals surface area contributed by atoms with E-state index in [9.17, 15) is 9.59 Å². The van der Waals surface area contributed by atoms with Crippen molar-refractivity contribution in [1.29, 1.82) is 0 Å². The average molecular weight is 356 g/mol. The van der Waals surface area contributed by atoms with Crippen LogP contribution < -0.4 is 0 Å². The van der Waals surface area contributed by atoms with E-state index in [0.717, 1.165) is 11.1 Å². The number of ether oxygens (including phenoxy) is 3. The van der Waals surface area contributed by atoms with E-state index in [1.165, 1.54) is 0 Å². The Kier molecular flexibility index (Phi) is 7.36. The average Bonchev–Trinajstić information content (AvgIpc) is 2.67. The number of carbonyl (C=O) groups excluding carboxylic acids is 2. The first-order valence-electron chi connectivity index (χ1n) is 8.68. The summed E-state index contributed by atoms with van der Waals surface area (Å²) in [6.07, 6.45) is 0.0400. The fraction of sp³-hybridized carbons (Fsp3) is 0.333. The molecule has 0 radical (unpaired) electrons. The van der Waals surface area contributed by atoms with Crippen LogP contribution in [0.15, 0.2) is 60.7 Å². The topological polar surface area (TPSA) is 61.8 Å². The predicted molar refractivity (Wildman–Crippen MR) is 97.4 cm³/mol. The smallest absolute Gasteiger partial charge is 0.350 e. The molecule has 0 bridgehead atoms. The van der Waals surface area contributed by atoms with E-state index in [2.05, 4.69) is 0 Å². The largest absolute Gasteiger partial charge is 0.463 e. The van der Waals surface area contributed by atoms with Gasteiger partial charge in [-0.1, -0.05) is 60.7 Å². The summed E-state index contributed by atoms with van der Waals surface area (Å²) in [4.78, 5) is 25.5. The van der Waals surface area contributed by atoms with Crippen LogP contribution >= 0.6 is 0 Å². The molecule has 2 aromatic carbocycles. The summed E-state index contributed by atoms with van der Waals surface area (Å²) >= 11 is 0. The molecule has 0 aromatic heterocycles. The van der Waals surface area contributed by atoms with Gasteiger partial charge >= 0.3 is 11.9 Å². The summed E-state index contributed by atoms with van der Waals surface area (Å²) in [6.45, 7) is 3.75. The first kappa shape index (κ1) is 19.7. The molecule has 0 heterocycles. The molecule has 0 unspecified atom stereocenters. The quantitative estimate of drug-likeness (QED) is 0.509. The van der Waals surface area contributed by atoms with Crippen molar-refractivity contribution >= 4 is 11.9 Å². The molecule has 0 aliphatic rings. The number of benzene rings is 2. The van der Waals surface area contributed by atoms with Crippen molar-refractivity contribution in [3.8, 4) is 0 Å². The Morgan fingerprint density at radius 2 is 1.23 bits per heavy atom. The van der Waals surface area contributed by atoms with E-state index in [1.54, 1.807) is 13.8 Å². The molecule has 5 nitrogen and oxygen atoms in total.